The standard InChI is InChI=1S/C14H13ClF2N4O2/c15-9-3-1-2-8(4-9)12-20-11(23-21-12)6-18-13(22)10-5-14(16,17)7-19-10/h1-4,10,19H,5-7H2,(H,18,22). The van der Waals surface area contributed by atoms with Crippen molar-refractivity contribution in [2.75, 3.05) is 6.54 Å². The van der Waals surface area contributed by atoms with Crippen LogP contribution in [0.2, 0.25) is 5.02 Å². The van der Waals surface area contributed by atoms with Gasteiger partial charge in [0.25, 0.3) is 5.92 Å². The lowest BCUT2D eigenvalue weighted by atomic mass is 10.2. The third-order valence-corrected chi connectivity index (χ3v) is 3.63. The van der Waals surface area contributed by atoms with Gasteiger partial charge in [-0.15, -0.1) is 0 Å². The number of nitrogens with one attached hydrogen (secondary N) is 2. The Kier molecular flexibility index (Phi) is 4.27. The minimum Gasteiger partial charge on any atom is -0.346 e. The van der Waals surface area contributed by atoms with Crippen molar-refractivity contribution in [3.05, 3.63) is 35.2 Å². The van der Waals surface area contributed by atoms with Crippen LogP contribution in [0.15, 0.2) is 28.8 Å². The molecule has 1 aliphatic heterocycles. The fraction of sp³-hybridized carbons (Fsp3) is 0.357. The zero-order chi connectivity index (χ0) is 16.4. The van der Waals surface area contributed by atoms with E-state index in [-0.39, 0.29) is 12.4 Å². The number of benzene rings is 1. The molecular formula is C14H13ClF2N4O2. The molecule has 0 saturated carbocycles. The van der Waals surface area contributed by atoms with Crippen molar-refractivity contribution in [3.8, 4) is 11.4 Å². The van der Waals surface area contributed by atoms with Crippen molar-refractivity contribution in [1.82, 2.24) is 20.8 Å². The highest BCUT2D eigenvalue weighted by Crippen LogP contribution is 2.25. The van der Waals surface area contributed by atoms with Gasteiger partial charge in [0.2, 0.25) is 17.6 Å². The molecule has 1 atom stereocenters. The number of carbonyl (C=O) groups is 1. The van der Waals surface area contributed by atoms with Gasteiger partial charge in [-0.2, -0.15) is 4.98 Å². The van der Waals surface area contributed by atoms with E-state index in [1.165, 1.54) is 0 Å². The number of hydrogen-bond acceptors (Lipinski definition) is 5. The van der Waals surface area contributed by atoms with E-state index in [0.717, 1.165) is 0 Å². The van der Waals surface area contributed by atoms with E-state index in [0.29, 0.717) is 16.4 Å². The molecule has 0 radical (unpaired) electrons. The van der Waals surface area contributed by atoms with Crippen molar-refractivity contribution in [3.63, 3.8) is 0 Å². The molecule has 9 heteroatoms. The first-order chi connectivity index (χ1) is 10.9. The summed E-state index contributed by atoms with van der Waals surface area (Å²) in [7, 11) is 0. The van der Waals surface area contributed by atoms with Crippen LogP contribution in [0.4, 0.5) is 8.78 Å². The summed E-state index contributed by atoms with van der Waals surface area (Å²) < 4.78 is 31.1. The van der Waals surface area contributed by atoms with E-state index in [1.807, 2.05) is 0 Å². The van der Waals surface area contributed by atoms with Crippen LogP contribution in [0, 0.1) is 0 Å². The van der Waals surface area contributed by atoms with Crippen molar-refractivity contribution >= 4 is 17.5 Å². The van der Waals surface area contributed by atoms with Crippen LogP contribution in [-0.4, -0.2) is 34.6 Å². The summed E-state index contributed by atoms with van der Waals surface area (Å²) in [6.45, 7) is -0.527. The lowest BCUT2D eigenvalue weighted by Crippen LogP contribution is -2.40. The van der Waals surface area contributed by atoms with E-state index >= 15 is 0 Å². The molecule has 3 rings (SSSR count). The third kappa shape index (κ3) is 3.83. The Morgan fingerprint density at radius 2 is 2.35 bits per heavy atom. The molecule has 2 N–H and O–H groups in total. The molecule has 0 spiro atoms. The smallest absolute Gasteiger partial charge is 0.262 e. The second kappa shape index (κ2) is 6.21. The molecule has 1 aromatic carbocycles. The molecule has 1 unspecified atom stereocenters. The Morgan fingerprint density at radius 1 is 1.52 bits per heavy atom. The molecule has 1 saturated heterocycles. The lowest BCUT2D eigenvalue weighted by Gasteiger charge is -2.09. The van der Waals surface area contributed by atoms with Crippen LogP contribution in [0.5, 0.6) is 0 Å². The number of carbonyl (C=O) groups excluding carboxylic acids is 1. The van der Waals surface area contributed by atoms with E-state index in [2.05, 4.69) is 20.8 Å². The Labute approximate surface area is 135 Å². The lowest BCUT2D eigenvalue weighted by molar-refractivity contribution is -0.123. The summed E-state index contributed by atoms with van der Waals surface area (Å²) in [5, 5.41) is 9.31. The monoisotopic (exact) mass is 342 g/mol. The number of hydrogen-bond donors (Lipinski definition) is 2. The van der Waals surface area contributed by atoms with E-state index in [9.17, 15) is 13.6 Å². The van der Waals surface area contributed by atoms with Gasteiger partial charge in [-0.05, 0) is 12.1 Å². The van der Waals surface area contributed by atoms with Crippen LogP contribution in [0.1, 0.15) is 12.3 Å². The average Bonchev–Trinajstić information content (AvgIpc) is 3.11. The fourth-order valence-corrected chi connectivity index (χ4v) is 2.45. The van der Waals surface area contributed by atoms with Gasteiger partial charge in [-0.3, -0.25) is 10.1 Å². The van der Waals surface area contributed by atoms with Crippen molar-refractivity contribution in [1.29, 1.82) is 0 Å². The van der Waals surface area contributed by atoms with Gasteiger partial charge < -0.3 is 9.84 Å². The van der Waals surface area contributed by atoms with Crippen molar-refractivity contribution in [2.24, 2.45) is 0 Å². The minimum absolute atomic E-state index is 0.0316. The van der Waals surface area contributed by atoms with E-state index < -0.39 is 30.8 Å². The Bertz CT molecular complexity index is 722. The highest BCUT2D eigenvalue weighted by molar-refractivity contribution is 6.30. The van der Waals surface area contributed by atoms with Crippen molar-refractivity contribution < 1.29 is 18.1 Å². The van der Waals surface area contributed by atoms with Crippen LogP contribution in [0.25, 0.3) is 11.4 Å². The Balaban J connectivity index is 1.58. The zero-order valence-electron chi connectivity index (χ0n) is 11.9. The maximum absolute atomic E-state index is 13.0. The molecule has 2 aromatic rings. The second-order valence-electron chi connectivity index (χ2n) is 5.23. The van der Waals surface area contributed by atoms with Gasteiger partial charge in [-0.1, -0.05) is 28.9 Å². The van der Waals surface area contributed by atoms with Gasteiger partial charge in [0.1, 0.15) is 0 Å². The molecule has 0 aliphatic carbocycles. The van der Waals surface area contributed by atoms with Gasteiger partial charge in [0.05, 0.1) is 19.1 Å². The normalized spacial score (nSPS) is 19.7. The quantitative estimate of drug-likeness (QED) is 0.888. The zero-order valence-corrected chi connectivity index (χ0v) is 12.6. The predicted octanol–water partition coefficient (Wildman–Crippen LogP) is 2.00. The maximum atomic E-state index is 13.0. The Morgan fingerprint density at radius 3 is 3.04 bits per heavy atom. The summed E-state index contributed by atoms with van der Waals surface area (Å²) in [5.41, 5.74) is 0.677. The van der Waals surface area contributed by atoms with Crippen molar-refractivity contribution in [2.45, 2.75) is 24.9 Å². The highest BCUT2D eigenvalue weighted by Gasteiger charge is 2.42. The number of amides is 1. The first-order valence-corrected chi connectivity index (χ1v) is 7.28. The topological polar surface area (TPSA) is 80.1 Å². The predicted molar refractivity (Wildman–Crippen MR) is 77.9 cm³/mol. The van der Waals surface area contributed by atoms with Gasteiger partial charge >= 0.3 is 0 Å². The summed E-state index contributed by atoms with van der Waals surface area (Å²) in [6, 6.07) is 6.00. The largest absolute Gasteiger partial charge is 0.346 e. The molecule has 0 bridgehead atoms. The Hall–Kier alpha value is -2.06. The number of nitrogens with zero attached hydrogens (tertiary/aromatic N) is 2. The fourth-order valence-electron chi connectivity index (χ4n) is 2.26. The second-order valence-corrected chi connectivity index (χ2v) is 5.67. The first-order valence-electron chi connectivity index (χ1n) is 6.90. The highest BCUT2D eigenvalue weighted by atomic mass is 35.5. The van der Waals surface area contributed by atoms with Gasteiger partial charge in [0.15, 0.2) is 0 Å². The number of aromatic nitrogens is 2. The molecule has 122 valence electrons. The number of halogens is 3. The van der Waals surface area contributed by atoms with Gasteiger partial charge in [0, 0.05) is 17.0 Å². The third-order valence-electron chi connectivity index (χ3n) is 3.39. The summed E-state index contributed by atoms with van der Waals surface area (Å²) >= 11 is 5.89. The van der Waals surface area contributed by atoms with Crippen LogP contribution in [0.3, 0.4) is 0 Å². The summed E-state index contributed by atoms with van der Waals surface area (Å²) in [5.74, 6) is -2.86. The SMILES string of the molecule is O=C(NCc1nc(-c2cccc(Cl)c2)no1)C1CC(F)(F)CN1. The molecule has 23 heavy (non-hydrogen) atoms. The van der Waals surface area contributed by atoms with Crippen LogP contribution >= 0.6 is 11.6 Å². The van der Waals surface area contributed by atoms with E-state index in [1.54, 1.807) is 24.3 Å². The molecule has 2 heterocycles. The molecule has 6 nitrogen and oxygen atoms in total. The molecule has 1 amide bonds. The van der Waals surface area contributed by atoms with Gasteiger partial charge in [-0.25, -0.2) is 8.78 Å². The molecule has 1 fully saturated rings. The first kappa shape index (κ1) is 15.8. The maximum Gasteiger partial charge on any atom is 0.262 e. The van der Waals surface area contributed by atoms with Crippen LogP contribution < -0.4 is 10.6 Å². The molecular weight excluding hydrogens is 330 g/mol. The summed E-state index contributed by atoms with van der Waals surface area (Å²) in [4.78, 5) is 15.9. The van der Waals surface area contributed by atoms with Crippen LogP contribution in [-0.2, 0) is 11.3 Å². The average molecular weight is 343 g/mol. The molecule has 1 aliphatic rings. The summed E-state index contributed by atoms with van der Waals surface area (Å²) in [6.07, 6.45) is -0.517. The minimum atomic E-state index is -2.85. The van der Waals surface area contributed by atoms with E-state index in [4.69, 9.17) is 16.1 Å². The number of alkyl halides is 2. The molecule has 1 aromatic heterocycles. The number of rotatable bonds is 4.